The second kappa shape index (κ2) is 5.97. The van der Waals surface area contributed by atoms with Crippen LogP contribution in [0.1, 0.15) is 30.2 Å². The Morgan fingerprint density at radius 1 is 1.23 bits per heavy atom. The van der Waals surface area contributed by atoms with Crippen LogP contribution in [0.5, 0.6) is 0 Å². The van der Waals surface area contributed by atoms with Gasteiger partial charge in [0.15, 0.2) is 0 Å². The van der Waals surface area contributed by atoms with E-state index in [-0.39, 0.29) is 17.4 Å². The van der Waals surface area contributed by atoms with Gasteiger partial charge in [-0.3, -0.25) is 9.69 Å². The highest BCUT2D eigenvalue weighted by atomic mass is 16.3. The second-order valence-electron chi connectivity index (χ2n) is 6.15. The highest BCUT2D eigenvalue weighted by Gasteiger charge is 2.51. The zero-order chi connectivity index (χ0) is 15.6. The molecule has 4 nitrogen and oxygen atoms in total. The predicted molar refractivity (Wildman–Crippen MR) is 85.5 cm³/mol. The van der Waals surface area contributed by atoms with E-state index in [0.717, 1.165) is 24.2 Å². The molecule has 0 spiro atoms. The average Bonchev–Trinajstić information content (AvgIpc) is 3.18. The SMILES string of the molecule is CN(C)C(CNC(=O)C1(c2ccccc2)CC1)c1ccco1. The summed E-state index contributed by atoms with van der Waals surface area (Å²) in [6, 6.07) is 13.9. The van der Waals surface area contributed by atoms with Crippen LogP contribution < -0.4 is 5.32 Å². The van der Waals surface area contributed by atoms with Gasteiger partial charge < -0.3 is 9.73 Å². The first-order valence-corrected chi connectivity index (χ1v) is 7.67. The average molecular weight is 298 g/mol. The molecule has 1 aliphatic carbocycles. The Balaban J connectivity index is 1.67. The van der Waals surface area contributed by atoms with E-state index in [2.05, 4.69) is 10.2 Å². The van der Waals surface area contributed by atoms with Gasteiger partial charge >= 0.3 is 0 Å². The Hall–Kier alpha value is -2.07. The van der Waals surface area contributed by atoms with Gasteiger partial charge in [0.1, 0.15) is 5.76 Å². The molecule has 116 valence electrons. The van der Waals surface area contributed by atoms with Crippen molar-refractivity contribution in [2.75, 3.05) is 20.6 Å². The largest absolute Gasteiger partial charge is 0.468 e. The zero-order valence-electron chi connectivity index (χ0n) is 13.1. The molecule has 1 atom stereocenters. The minimum Gasteiger partial charge on any atom is -0.468 e. The van der Waals surface area contributed by atoms with Crippen LogP contribution in [0.4, 0.5) is 0 Å². The first-order chi connectivity index (χ1) is 10.6. The van der Waals surface area contributed by atoms with Gasteiger partial charge in [-0.05, 0) is 44.6 Å². The lowest BCUT2D eigenvalue weighted by Crippen LogP contribution is -2.40. The minimum atomic E-state index is -0.318. The molecule has 3 rings (SSSR count). The third-order valence-corrected chi connectivity index (χ3v) is 4.46. The van der Waals surface area contributed by atoms with E-state index in [1.54, 1.807) is 6.26 Å². The second-order valence-corrected chi connectivity index (χ2v) is 6.15. The fraction of sp³-hybridized carbons (Fsp3) is 0.389. The number of benzene rings is 1. The summed E-state index contributed by atoms with van der Waals surface area (Å²) in [5, 5.41) is 3.11. The molecule has 1 aromatic carbocycles. The molecule has 1 heterocycles. The summed E-state index contributed by atoms with van der Waals surface area (Å²) in [6.07, 6.45) is 3.52. The Labute approximate surface area is 131 Å². The van der Waals surface area contributed by atoms with E-state index < -0.39 is 0 Å². The van der Waals surface area contributed by atoms with Gasteiger partial charge in [0, 0.05) is 6.54 Å². The molecule has 1 aliphatic rings. The summed E-state index contributed by atoms with van der Waals surface area (Å²) in [6.45, 7) is 0.550. The van der Waals surface area contributed by atoms with Crippen LogP contribution >= 0.6 is 0 Å². The van der Waals surface area contributed by atoms with Gasteiger partial charge in [-0.1, -0.05) is 30.3 Å². The van der Waals surface area contributed by atoms with E-state index in [4.69, 9.17) is 4.42 Å². The van der Waals surface area contributed by atoms with Crippen molar-refractivity contribution >= 4 is 5.91 Å². The molecule has 0 bridgehead atoms. The molecule has 1 fully saturated rings. The summed E-state index contributed by atoms with van der Waals surface area (Å²) in [4.78, 5) is 14.7. The van der Waals surface area contributed by atoms with Crippen LogP contribution in [-0.2, 0) is 10.2 Å². The van der Waals surface area contributed by atoms with E-state index in [9.17, 15) is 4.79 Å². The van der Waals surface area contributed by atoms with Crippen molar-refractivity contribution in [2.24, 2.45) is 0 Å². The van der Waals surface area contributed by atoms with Crippen LogP contribution in [0.15, 0.2) is 53.1 Å². The summed E-state index contributed by atoms with van der Waals surface area (Å²) >= 11 is 0. The molecular formula is C18H22N2O2. The van der Waals surface area contributed by atoms with Crippen LogP contribution in [0, 0.1) is 0 Å². The number of furan rings is 1. The van der Waals surface area contributed by atoms with Crippen molar-refractivity contribution in [1.82, 2.24) is 10.2 Å². The Bertz CT molecular complexity index is 616. The number of likely N-dealkylation sites (N-methyl/N-ethyl adjacent to an activating group) is 1. The molecule has 1 N–H and O–H groups in total. The molecule has 0 radical (unpaired) electrons. The molecule has 0 aliphatic heterocycles. The number of hydrogen-bond donors (Lipinski definition) is 1. The molecule has 1 aromatic heterocycles. The number of nitrogens with zero attached hydrogens (tertiary/aromatic N) is 1. The van der Waals surface area contributed by atoms with Crippen LogP contribution in [0.25, 0.3) is 0 Å². The van der Waals surface area contributed by atoms with Gasteiger partial charge in [0.25, 0.3) is 0 Å². The van der Waals surface area contributed by atoms with Gasteiger partial charge in [-0.2, -0.15) is 0 Å². The normalized spacial score (nSPS) is 17.2. The monoisotopic (exact) mass is 298 g/mol. The maximum atomic E-state index is 12.7. The number of carbonyl (C=O) groups excluding carboxylic acids is 1. The maximum Gasteiger partial charge on any atom is 0.230 e. The number of rotatable bonds is 6. The highest BCUT2D eigenvalue weighted by molar-refractivity contribution is 5.91. The van der Waals surface area contributed by atoms with Crippen LogP contribution in [-0.4, -0.2) is 31.4 Å². The topological polar surface area (TPSA) is 45.5 Å². The van der Waals surface area contributed by atoms with Crippen molar-refractivity contribution in [3.05, 3.63) is 60.1 Å². The fourth-order valence-electron chi connectivity index (χ4n) is 2.91. The number of nitrogens with one attached hydrogen (secondary N) is 1. The molecule has 1 unspecified atom stereocenters. The Kier molecular flexibility index (Phi) is 4.03. The third-order valence-electron chi connectivity index (χ3n) is 4.46. The lowest BCUT2D eigenvalue weighted by molar-refractivity contribution is -0.123. The molecule has 4 heteroatoms. The summed E-state index contributed by atoms with van der Waals surface area (Å²) in [5.41, 5.74) is 0.799. The van der Waals surface area contributed by atoms with Crippen molar-refractivity contribution in [3.8, 4) is 0 Å². The van der Waals surface area contributed by atoms with Gasteiger partial charge in [-0.25, -0.2) is 0 Å². The van der Waals surface area contributed by atoms with Crippen molar-refractivity contribution in [1.29, 1.82) is 0 Å². The molecule has 0 saturated heterocycles. The van der Waals surface area contributed by atoms with Crippen molar-refractivity contribution < 1.29 is 9.21 Å². The van der Waals surface area contributed by atoms with E-state index >= 15 is 0 Å². The van der Waals surface area contributed by atoms with E-state index in [1.807, 2.05) is 56.6 Å². The van der Waals surface area contributed by atoms with Crippen LogP contribution in [0.2, 0.25) is 0 Å². The van der Waals surface area contributed by atoms with Crippen molar-refractivity contribution in [3.63, 3.8) is 0 Å². The predicted octanol–water partition coefficient (Wildman–Crippen LogP) is 2.73. The van der Waals surface area contributed by atoms with Crippen LogP contribution in [0.3, 0.4) is 0 Å². The van der Waals surface area contributed by atoms with Crippen molar-refractivity contribution in [2.45, 2.75) is 24.3 Å². The smallest absolute Gasteiger partial charge is 0.230 e. The summed E-state index contributed by atoms with van der Waals surface area (Å²) < 4.78 is 5.48. The molecule has 1 saturated carbocycles. The fourth-order valence-corrected chi connectivity index (χ4v) is 2.91. The minimum absolute atomic E-state index is 0.0468. The quantitative estimate of drug-likeness (QED) is 0.892. The summed E-state index contributed by atoms with van der Waals surface area (Å²) in [7, 11) is 3.98. The number of carbonyl (C=O) groups is 1. The Morgan fingerprint density at radius 3 is 2.50 bits per heavy atom. The lowest BCUT2D eigenvalue weighted by atomic mass is 9.95. The maximum absolute atomic E-state index is 12.7. The number of amides is 1. The standard InChI is InChI=1S/C18H22N2O2/c1-20(2)15(16-9-6-12-22-16)13-19-17(21)18(10-11-18)14-7-4-3-5-8-14/h3-9,12,15H,10-11,13H2,1-2H3,(H,19,21). The van der Waals surface area contributed by atoms with E-state index in [0.29, 0.717) is 6.54 Å². The Morgan fingerprint density at radius 2 is 1.95 bits per heavy atom. The third kappa shape index (κ3) is 2.79. The highest BCUT2D eigenvalue weighted by Crippen LogP contribution is 2.48. The molecule has 22 heavy (non-hydrogen) atoms. The van der Waals surface area contributed by atoms with Gasteiger partial charge in [-0.15, -0.1) is 0 Å². The molecule has 2 aromatic rings. The first-order valence-electron chi connectivity index (χ1n) is 7.67. The van der Waals surface area contributed by atoms with Gasteiger partial charge in [0.05, 0.1) is 17.7 Å². The first kappa shape index (κ1) is 14.9. The number of hydrogen-bond acceptors (Lipinski definition) is 3. The molecule has 1 amide bonds. The zero-order valence-corrected chi connectivity index (χ0v) is 13.1. The van der Waals surface area contributed by atoms with Gasteiger partial charge in [0.2, 0.25) is 5.91 Å². The summed E-state index contributed by atoms with van der Waals surface area (Å²) in [5.74, 6) is 0.993. The molecular weight excluding hydrogens is 276 g/mol. The van der Waals surface area contributed by atoms with E-state index in [1.165, 1.54) is 0 Å². The lowest BCUT2D eigenvalue weighted by Gasteiger charge is -2.24.